The second-order valence-electron chi connectivity index (χ2n) is 6.84. The third-order valence-electron chi connectivity index (χ3n) is 4.68. The van der Waals surface area contributed by atoms with Crippen molar-refractivity contribution in [1.82, 2.24) is 10.6 Å². The van der Waals surface area contributed by atoms with Gasteiger partial charge in [-0.15, -0.1) is 0 Å². The molecule has 154 valence electrons. The Balaban J connectivity index is 1.42. The van der Waals surface area contributed by atoms with Crippen LogP contribution < -0.4 is 15.5 Å². The second kappa shape index (κ2) is 8.93. The maximum Gasteiger partial charge on any atom is 0.251 e. The van der Waals surface area contributed by atoms with Crippen LogP contribution in [-0.4, -0.2) is 38.0 Å². The van der Waals surface area contributed by atoms with E-state index in [2.05, 4.69) is 10.6 Å². The van der Waals surface area contributed by atoms with E-state index in [0.29, 0.717) is 31.4 Å². The summed E-state index contributed by atoms with van der Waals surface area (Å²) >= 11 is 0. The van der Waals surface area contributed by atoms with Gasteiger partial charge in [0, 0.05) is 43.0 Å². The van der Waals surface area contributed by atoms with Crippen LogP contribution in [0.4, 0.5) is 23.2 Å². The molecule has 0 saturated carbocycles. The summed E-state index contributed by atoms with van der Waals surface area (Å²) in [5.41, 5.74) is 0.362. The normalized spacial score (nSPS) is 16.0. The minimum absolute atomic E-state index is 0.111. The number of benzene rings is 2. The third-order valence-corrected chi connectivity index (χ3v) is 4.68. The third kappa shape index (κ3) is 5.46. The van der Waals surface area contributed by atoms with E-state index in [9.17, 15) is 27.2 Å². The van der Waals surface area contributed by atoms with E-state index >= 15 is 0 Å². The molecule has 2 aromatic rings. The number of hydrogen-bond acceptors (Lipinski definition) is 3. The number of carbonyl (C=O) groups is 2. The first-order valence-electron chi connectivity index (χ1n) is 9.03. The van der Waals surface area contributed by atoms with Crippen LogP contribution in [0, 0.1) is 29.2 Å². The molecule has 1 atom stereocenters. The molecule has 1 saturated heterocycles. The van der Waals surface area contributed by atoms with Gasteiger partial charge in [-0.1, -0.05) is 0 Å². The van der Waals surface area contributed by atoms with Gasteiger partial charge in [0.2, 0.25) is 5.91 Å². The lowest BCUT2D eigenvalue weighted by molar-refractivity contribution is -0.120. The van der Waals surface area contributed by atoms with Gasteiger partial charge in [-0.05, 0) is 36.6 Å². The molecule has 29 heavy (non-hydrogen) atoms. The summed E-state index contributed by atoms with van der Waals surface area (Å²) in [5, 5.41) is 4.99. The molecule has 1 aliphatic rings. The highest BCUT2D eigenvalue weighted by molar-refractivity contribution is 5.96. The van der Waals surface area contributed by atoms with Gasteiger partial charge < -0.3 is 15.5 Å². The summed E-state index contributed by atoms with van der Waals surface area (Å²) in [5.74, 6) is -4.67. The van der Waals surface area contributed by atoms with Gasteiger partial charge in [-0.2, -0.15) is 0 Å². The zero-order valence-electron chi connectivity index (χ0n) is 15.4. The van der Waals surface area contributed by atoms with E-state index in [1.807, 2.05) is 4.90 Å². The van der Waals surface area contributed by atoms with Crippen LogP contribution in [0.25, 0.3) is 0 Å². The first kappa shape index (κ1) is 20.6. The molecule has 0 spiro atoms. The molecule has 2 N–H and O–H groups in total. The molecule has 2 aromatic carbocycles. The number of halogens is 4. The molecule has 0 bridgehead atoms. The van der Waals surface area contributed by atoms with Gasteiger partial charge in [-0.3, -0.25) is 9.59 Å². The maximum absolute atomic E-state index is 13.4. The van der Waals surface area contributed by atoms with Crippen molar-refractivity contribution >= 4 is 17.5 Å². The van der Waals surface area contributed by atoms with Crippen LogP contribution in [0.15, 0.2) is 36.4 Å². The lowest BCUT2D eigenvalue weighted by Crippen LogP contribution is -2.39. The number of anilines is 1. The highest BCUT2D eigenvalue weighted by Crippen LogP contribution is 2.24. The Kier molecular flexibility index (Phi) is 6.36. The molecular weight excluding hydrogens is 390 g/mol. The van der Waals surface area contributed by atoms with Gasteiger partial charge in [0.15, 0.2) is 11.6 Å². The zero-order chi connectivity index (χ0) is 21.0. The molecule has 0 aromatic heterocycles. The second-order valence-corrected chi connectivity index (χ2v) is 6.84. The Morgan fingerprint density at radius 1 is 0.966 bits per heavy atom. The molecule has 3 rings (SSSR count). The van der Waals surface area contributed by atoms with E-state index in [1.54, 1.807) is 0 Å². The van der Waals surface area contributed by atoms with Crippen molar-refractivity contribution in [3.63, 3.8) is 0 Å². The van der Waals surface area contributed by atoms with Crippen molar-refractivity contribution in [2.24, 2.45) is 5.92 Å². The van der Waals surface area contributed by atoms with Gasteiger partial charge in [0.25, 0.3) is 5.91 Å². The molecule has 5 nitrogen and oxygen atoms in total. The predicted molar refractivity (Wildman–Crippen MR) is 98.4 cm³/mol. The Morgan fingerprint density at radius 3 is 2.38 bits per heavy atom. The highest BCUT2D eigenvalue weighted by atomic mass is 19.2. The minimum Gasteiger partial charge on any atom is -0.371 e. The summed E-state index contributed by atoms with van der Waals surface area (Å²) in [4.78, 5) is 25.7. The Morgan fingerprint density at radius 2 is 1.69 bits per heavy atom. The van der Waals surface area contributed by atoms with Crippen molar-refractivity contribution in [1.29, 1.82) is 0 Å². The average Bonchev–Trinajstić information content (AvgIpc) is 3.15. The monoisotopic (exact) mass is 409 g/mol. The number of carbonyl (C=O) groups excluding carboxylic acids is 2. The molecule has 1 unspecified atom stereocenters. The number of amides is 2. The molecule has 2 amide bonds. The molecule has 0 aliphatic carbocycles. The number of nitrogens with one attached hydrogen (secondary N) is 2. The van der Waals surface area contributed by atoms with E-state index in [4.69, 9.17) is 0 Å². The van der Waals surface area contributed by atoms with E-state index in [0.717, 1.165) is 30.7 Å². The largest absolute Gasteiger partial charge is 0.371 e. The van der Waals surface area contributed by atoms with E-state index in [1.165, 1.54) is 6.07 Å². The van der Waals surface area contributed by atoms with Gasteiger partial charge in [-0.25, -0.2) is 17.6 Å². The molecule has 9 heteroatoms. The lowest BCUT2D eigenvalue weighted by atomic mass is 10.1. The molecule has 1 fully saturated rings. The van der Waals surface area contributed by atoms with Crippen molar-refractivity contribution < 1.29 is 27.2 Å². The lowest BCUT2D eigenvalue weighted by Gasteiger charge is -2.19. The topological polar surface area (TPSA) is 61.4 Å². The Hall–Kier alpha value is -3.10. The molecule has 0 radical (unpaired) electrons. The summed E-state index contributed by atoms with van der Waals surface area (Å²) in [6, 6.07) is 6.12. The quantitative estimate of drug-likeness (QED) is 0.722. The number of hydrogen-bond donors (Lipinski definition) is 2. The number of nitrogens with zero attached hydrogens (tertiary/aromatic N) is 1. The smallest absolute Gasteiger partial charge is 0.251 e. The summed E-state index contributed by atoms with van der Waals surface area (Å²) in [6.07, 6.45) is 0.758. The highest BCUT2D eigenvalue weighted by Gasteiger charge is 2.24. The molecule has 1 heterocycles. The van der Waals surface area contributed by atoms with Crippen molar-refractivity contribution in [2.75, 3.05) is 31.1 Å². The van der Waals surface area contributed by atoms with Gasteiger partial charge >= 0.3 is 0 Å². The first-order valence-corrected chi connectivity index (χ1v) is 9.03. The first-order chi connectivity index (χ1) is 13.8. The molecule has 1 aliphatic heterocycles. The maximum atomic E-state index is 13.4. The average molecular weight is 409 g/mol. The number of rotatable bonds is 6. The summed E-state index contributed by atoms with van der Waals surface area (Å²) in [7, 11) is 0. The summed E-state index contributed by atoms with van der Waals surface area (Å²) in [6.45, 7) is 1.23. The van der Waals surface area contributed by atoms with Crippen LogP contribution in [0.1, 0.15) is 16.8 Å². The van der Waals surface area contributed by atoms with Crippen molar-refractivity contribution in [3.8, 4) is 0 Å². The summed E-state index contributed by atoms with van der Waals surface area (Å²) < 4.78 is 52.7. The van der Waals surface area contributed by atoms with Crippen LogP contribution in [-0.2, 0) is 4.79 Å². The Labute approximate surface area is 164 Å². The molecular formula is C20H19F4N3O2. The van der Waals surface area contributed by atoms with Crippen molar-refractivity contribution in [3.05, 3.63) is 65.2 Å². The van der Waals surface area contributed by atoms with E-state index in [-0.39, 0.29) is 18.0 Å². The fraction of sp³-hybridized carbons (Fsp3) is 0.300. The van der Waals surface area contributed by atoms with Crippen LogP contribution in [0.3, 0.4) is 0 Å². The van der Waals surface area contributed by atoms with E-state index < -0.39 is 35.1 Å². The predicted octanol–water partition coefficient (Wildman–Crippen LogP) is 2.62. The van der Waals surface area contributed by atoms with Gasteiger partial charge in [0.1, 0.15) is 11.6 Å². The fourth-order valence-electron chi connectivity index (χ4n) is 3.18. The Bertz CT molecular complexity index is 902. The standard InChI is InChI=1S/C20H19F4N3O2/c21-14-5-13(6-15(22)7-14)20(29)26-10-19(28)25-9-12-3-4-27(11-12)16-1-2-17(23)18(24)8-16/h1-2,5-8,12H,3-4,9-11H2,(H,25,28)(H,26,29). The van der Waals surface area contributed by atoms with Crippen molar-refractivity contribution in [2.45, 2.75) is 6.42 Å². The minimum atomic E-state index is -0.909. The fourth-order valence-corrected chi connectivity index (χ4v) is 3.18. The van der Waals surface area contributed by atoms with Crippen LogP contribution >= 0.6 is 0 Å². The van der Waals surface area contributed by atoms with Crippen LogP contribution in [0.2, 0.25) is 0 Å². The zero-order valence-corrected chi connectivity index (χ0v) is 15.4. The SMILES string of the molecule is O=C(CNC(=O)c1cc(F)cc(F)c1)NCC1CCN(c2ccc(F)c(F)c2)C1. The van der Waals surface area contributed by atoms with Crippen LogP contribution in [0.5, 0.6) is 0 Å². The van der Waals surface area contributed by atoms with Gasteiger partial charge in [0.05, 0.1) is 6.54 Å².